The lowest BCUT2D eigenvalue weighted by atomic mass is 9.93. The highest BCUT2D eigenvalue weighted by atomic mass is 16.6. The summed E-state index contributed by atoms with van der Waals surface area (Å²) in [5.41, 5.74) is -1.50. The molecule has 2 rings (SSSR count). The molecule has 11 heteroatoms. The number of nitro benzene ring substituents is 2. The van der Waals surface area contributed by atoms with Crippen LogP contribution in [0.1, 0.15) is 47.7 Å². The number of benzene rings is 2. The molecule has 0 saturated carbocycles. The summed E-state index contributed by atoms with van der Waals surface area (Å²) in [6.45, 7) is 3.27. The summed E-state index contributed by atoms with van der Waals surface area (Å²) in [6, 6.07) is 7.66. The van der Waals surface area contributed by atoms with Crippen molar-refractivity contribution in [3.63, 3.8) is 0 Å². The van der Waals surface area contributed by atoms with Crippen molar-refractivity contribution in [2.45, 2.75) is 32.3 Å². The summed E-state index contributed by atoms with van der Waals surface area (Å²) in [7, 11) is 0. The number of carbonyl (C=O) groups excluding carboxylic acids is 2. The zero-order valence-electron chi connectivity index (χ0n) is 16.5. The molecule has 0 heterocycles. The molecule has 0 bridgehead atoms. The van der Waals surface area contributed by atoms with E-state index in [1.54, 1.807) is 13.8 Å². The number of ether oxygens (including phenoxy) is 1. The molecule has 2 aromatic rings. The second kappa shape index (κ2) is 9.57. The Morgan fingerprint density at radius 1 is 1.00 bits per heavy atom. The van der Waals surface area contributed by atoms with Gasteiger partial charge in [-0.15, -0.1) is 0 Å². The van der Waals surface area contributed by atoms with Crippen molar-refractivity contribution < 1.29 is 34.1 Å². The van der Waals surface area contributed by atoms with Crippen LogP contribution in [0.25, 0.3) is 0 Å². The Balaban J connectivity index is 2.47. The highest BCUT2D eigenvalue weighted by Crippen LogP contribution is 2.30. The number of carbonyl (C=O) groups is 3. The van der Waals surface area contributed by atoms with Crippen molar-refractivity contribution in [1.29, 1.82) is 0 Å². The maximum atomic E-state index is 12.6. The molecule has 2 aromatic carbocycles. The lowest BCUT2D eigenvalue weighted by Crippen LogP contribution is -2.27. The molecule has 2 unspecified atom stereocenters. The number of nitrogens with zero attached hydrogens (tertiary/aromatic N) is 2. The molecule has 0 aliphatic carbocycles. The van der Waals surface area contributed by atoms with Crippen LogP contribution in [0.4, 0.5) is 11.4 Å². The standard InChI is InChI=1S/C20H18N2O9/c1-3-11(2)31-20(26)17(19(24)25)15-9-6-13(10-16(15)22(29)30)18(23)12-4-7-14(8-5-12)21(27)28/h4-11,17H,3H2,1-2H3,(H,24,25). The van der Waals surface area contributed by atoms with E-state index in [9.17, 15) is 39.7 Å². The van der Waals surface area contributed by atoms with Crippen molar-refractivity contribution in [2.75, 3.05) is 0 Å². The zero-order valence-corrected chi connectivity index (χ0v) is 16.5. The number of hydrogen-bond acceptors (Lipinski definition) is 8. The van der Waals surface area contributed by atoms with E-state index in [0.717, 1.165) is 30.3 Å². The van der Waals surface area contributed by atoms with Gasteiger partial charge >= 0.3 is 11.9 Å². The number of carboxylic acid groups (broad SMARTS) is 1. The largest absolute Gasteiger partial charge is 0.480 e. The van der Waals surface area contributed by atoms with Gasteiger partial charge in [0, 0.05) is 29.3 Å². The Morgan fingerprint density at radius 2 is 1.58 bits per heavy atom. The van der Waals surface area contributed by atoms with Crippen molar-refractivity contribution in [1.82, 2.24) is 0 Å². The van der Waals surface area contributed by atoms with Crippen molar-refractivity contribution in [2.24, 2.45) is 0 Å². The number of carboxylic acids is 1. The van der Waals surface area contributed by atoms with Crippen LogP contribution in [-0.4, -0.2) is 38.8 Å². The smallest absolute Gasteiger partial charge is 0.325 e. The molecule has 11 nitrogen and oxygen atoms in total. The summed E-state index contributed by atoms with van der Waals surface area (Å²) in [5, 5.41) is 31.8. The average molecular weight is 430 g/mol. The van der Waals surface area contributed by atoms with Gasteiger partial charge in [-0.25, -0.2) is 0 Å². The Morgan fingerprint density at radius 3 is 2.06 bits per heavy atom. The van der Waals surface area contributed by atoms with Gasteiger partial charge in [0.25, 0.3) is 11.4 Å². The Hall–Kier alpha value is -4.15. The first-order valence-corrected chi connectivity index (χ1v) is 9.07. The highest BCUT2D eigenvalue weighted by molar-refractivity contribution is 6.10. The average Bonchev–Trinajstić information content (AvgIpc) is 2.73. The van der Waals surface area contributed by atoms with E-state index in [1.165, 1.54) is 12.1 Å². The van der Waals surface area contributed by atoms with Crippen LogP contribution < -0.4 is 0 Å². The molecule has 0 amide bonds. The van der Waals surface area contributed by atoms with E-state index in [0.29, 0.717) is 6.42 Å². The van der Waals surface area contributed by atoms with Crippen LogP contribution in [0.2, 0.25) is 0 Å². The normalized spacial score (nSPS) is 12.5. The van der Waals surface area contributed by atoms with E-state index in [2.05, 4.69) is 0 Å². The first kappa shape index (κ1) is 23.1. The predicted octanol–water partition coefficient (Wildman–Crippen LogP) is 3.24. The quantitative estimate of drug-likeness (QED) is 0.206. The number of ketones is 1. The van der Waals surface area contributed by atoms with Gasteiger partial charge in [-0.05, 0) is 31.5 Å². The number of nitro groups is 2. The molecular weight excluding hydrogens is 412 g/mol. The number of non-ortho nitro benzene ring substituents is 1. The van der Waals surface area contributed by atoms with Crippen LogP contribution in [0.3, 0.4) is 0 Å². The molecule has 0 radical (unpaired) electrons. The van der Waals surface area contributed by atoms with Gasteiger partial charge in [0.15, 0.2) is 11.7 Å². The third-order valence-corrected chi connectivity index (χ3v) is 4.52. The maximum Gasteiger partial charge on any atom is 0.325 e. The number of aliphatic carboxylic acids is 1. The van der Waals surface area contributed by atoms with E-state index in [1.807, 2.05) is 0 Å². The Bertz CT molecular complexity index is 1050. The number of hydrogen-bond donors (Lipinski definition) is 1. The molecule has 31 heavy (non-hydrogen) atoms. The molecule has 0 aromatic heterocycles. The molecule has 0 aliphatic heterocycles. The summed E-state index contributed by atoms with van der Waals surface area (Å²) in [4.78, 5) is 57.4. The third-order valence-electron chi connectivity index (χ3n) is 4.52. The van der Waals surface area contributed by atoms with Gasteiger partial charge in [-0.3, -0.25) is 34.6 Å². The molecule has 162 valence electrons. The number of rotatable bonds is 9. The van der Waals surface area contributed by atoms with Gasteiger partial charge in [-0.1, -0.05) is 13.0 Å². The minimum absolute atomic E-state index is 0.0404. The van der Waals surface area contributed by atoms with Gasteiger partial charge < -0.3 is 9.84 Å². The fraction of sp³-hybridized carbons (Fsp3) is 0.250. The highest BCUT2D eigenvalue weighted by Gasteiger charge is 2.36. The fourth-order valence-corrected chi connectivity index (χ4v) is 2.70. The molecule has 0 spiro atoms. The first-order chi connectivity index (χ1) is 14.6. The summed E-state index contributed by atoms with van der Waals surface area (Å²) in [6.07, 6.45) is -0.167. The van der Waals surface area contributed by atoms with E-state index in [4.69, 9.17) is 4.74 Å². The number of esters is 1. The van der Waals surface area contributed by atoms with E-state index >= 15 is 0 Å². The first-order valence-electron chi connectivity index (χ1n) is 9.07. The van der Waals surface area contributed by atoms with E-state index < -0.39 is 50.8 Å². The van der Waals surface area contributed by atoms with Crippen molar-refractivity contribution >= 4 is 29.1 Å². The molecule has 1 N–H and O–H groups in total. The van der Waals surface area contributed by atoms with Gasteiger partial charge in [0.05, 0.1) is 21.5 Å². The molecule has 0 saturated heterocycles. The van der Waals surface area contributed by atoms with Crippen molar-refractivity contribution in [3.05, 3.63) is 79.4 Å². The van der Waals surface area contributed by atoms with Gasteiger partial charge in [0.1, 0.15) is 0 Å². The van der Waals surface area contributed by atoms with Crippen LogP contribution in [0.5, 0.6) is 0 Å². The lowest BCUT2D eigenvalue weighted by Gasteiger charge is -2.16. The second-order valence-corrected chi connectivity index (χ2v) is 6.59. The Labute approximate surface area is 175 Å². The van der Waals surface area contributed by atoms with Crippen LogP contribution in [-0.2, 0) is 14.3 Å². The monoisotopic (exact) mass is 430 g/mol. The zero-order chi connectivity index (χ0) is 23.3. The molecule has 0 fully saturated rings. The minimum Gasteiger partial charge on any atom is -0.480 e. The summed E-state index contributed by atoms with van der Waals surface area (Å²) in [5.74, 6) is -5.40. The molecular formula is C20H18N2O9. The Kier molecular flexibility index (Phi) is 7.14. The van der Waals surface area contributed by atoms with Crippen LogP contribution in [0.15, 0.2) is 42.5 Å². The third kappa shape index (κ3) is 5.26. The fourth-order valence-electron chi connectivity index (χ4n) is 2.70. The summed E-state index contributed by atoms with van der Waals surface area (Å²) < 4.78 is 5.03. The van der Waals surface area contributed by atoms with E-state index in [-0.39, 0.29) is 16.8 Å². The summed E-state index contributed by atoms with van der Waals surface area (Å²) >= 11 is 0. The van der Waals surface area contributed by atoms with Crippen LogP contribution >= 0.6 is 0 Å². The van der Waals surface area contributed by atoms with Crippen LogP contribution in [0, 0.1) is 20.2 Å². The predicted molar refractivity (Wildman–Crippen MR) is 106 cm³/mol. The SMILES string of the molecule is CCC(C)OC(=O)C(C(=O)O)c1ccc(C(=O)c2ccc([N+](=O)[O-])cc2)cc1[N+](=O)[O-]. The maximum absolute atomic E-state index is 12.6. The minimum atomic E-state index is -1.95. The molecule has 2 atom stereocenters. The molecule has 0 aliphatic rings. The van der Waals surface area contributed by atoms with Crippen molar-refractivity contribution in [3.8, 4) is 0 Å². The van der Waals surface area contributed by atoms with Gasteiger partial charge in [0.2, 0.25) is 0 Å². The topological polar surface area (TPSA) is 167 Å². The van der Waals surface area contributed by atoms with Gasteiger partial charge in [-0.2, -0.15) is 0 Å². The second-order valence-electron chi connectivity index (χ2n) is 6.59. The lowest BCUT2D eigenvalue weighted by molar-refractivity contribution is -0.385.